The highest BCUT2D eigenvalue weighted by Crippen LogP contribution is 2.22. The van der Waals surface area contributed by atoms with E-state index in [1.54, 1.807) is 0 Å². The highest BCUT2D eigenvalue weighted by molar-refractivity contribution is 6.16. The summed E-state index contributed by atoms with van der Waals surface area (Å²) in [5.41, 5.74) is 7.58. The molecular formula is C14H10ClN5O2. The quantitative estimate of drug-likeness (QED) is 0.738. The molecule has 0 spiro atoms. The third-order valence-electron chi connectivity index (χ3n) is 2.94. The zero-order valence-electron chi connectivity index (χ0n) is 11.2. The molecule has 8 heteroatoms. The van der Waals surface area contributed by atoms with E-state index in [0.29, 0.717) is 17.4 Å². The summed E-state index contributed by atoms with van der Waals surface area (Å²) < 4.78 is 4.96. The second-order valence-electron chi connectivity index (χ2n) is 4.38. The van der Waals surface area contributed by atoms with Gasteiger partial charge in [-0.1, -0.05) is 29.4 Å². The lowest BCUT2D eigenvalue weighted by atomic mass is 10.1. The molecule has 0 aliphatic heterocycles. The first-order valence-corrected chi connectivity index (χ1v) is 6.82. The number of halogens is 1. The average molecular weight is 316 g/mol. The molecule has 2 heterocycles. The lowest BCUT2D eigenvalue weighted by Crippen LogP contribution is -2.13. The fourth-order valence-electron chi connectivity index (χ4n) is 1.87. The van der Waals surface area contributed by atoms with Crippen LogP contribution in [-0.4, -0.2) is 26.0 Å². The van der Waals surface area contributed by atoms with Crippen LogP contribution in [0.5, 0.6) is 0 Å². The van der Waals surface area contributed by atoms with Crippen LogP contribution >= 0.6 is 11.6 Å². The van der Waals surface area contributed by atoms with Gasteiger partial charge >= 0.3 is 0 Å². The van der Waals surface area contributed by atoms with Crippen molar-refractivity contribution in [1.82, 2.24) is 20.1 Å². The van der Waals surface area contributed by atoms with E-state index < -0.39 is 5.91 Å². The molecule has 22 heavy (non-hydrogen) atoms. The molecule has 7 nitrogen and oxygen atoms in total. The Kier molecular flexibility index (Phi) is 3.80. The standard InChI is InChI=1S/C14H10ClN5O2/c15-6-12-19-14(20-22-12)9-3-1-8(2-4-9)10-5-11(13(16)21)18-7-17-10/h1-5,7H,6H2,(H2,16,21). The number of nitrogens with zero attached hydrogens (tertiary/aromatic N) is 4. The van der Waals surface area contributed by atoms with Gasteiger partial charge in [-0.3, -0.25) is 4.79 Å². The largest absolute Gasteiger partial charge is 0.364 e. The molecule has 3 aromatic rings. The Morgan fingerprint density at radius 1 is 1.18 bits per heavy atom. The summed E-state index contributed by atoms with van der Waals surface area (Å²) in [7, 11) is 0. The smallest absolute Gasteiger partial charge is 0.267 e. The Morgan fingerprint density at radius 2 is 1.91 bits per heavy atom. The number of primary amides is 1. The van der Waals surface area contributed by atoms with E-state index in [1.807, 2.05) is 24.3 Å². The molecule has 3 rings (SSSR count). The first-order chi connectivity index (χ1) is 10.7. The van der Waals surface area contributed by atoms with Gasteiger partial charge in [0.2, 0.25) is 11.7 Å². The minimum atomic E-state index is -0.597. The van der Waals surface area contributed by atoms with E-state index in [2.05, 4.69) is 20.1 Å². The van der Waals surface area contributed by atoms with Crippen LogP contribution < -0.4 is 5.73 Å². The van der Waals surface area contributed by atoms with Crippen LogP contribution in [0.4, 0.5) is 0 Å². The maximum atomic E-state index is 11.1. The van der Waals surface area contributed by atoms with E-state index in [4.69, 9.17) is 21.9 Å². The summed E-state index contributed by atoms with van der Waals surface area (Å²) in [6.45, 7) is 0. The summed E-state index contributed by atoms with van der Waals surface area (Å²) in [5, 5.41) is 3.84. The third-order valence-corrected chi connectivity index (χ3v) is 3.17. The van der Waals surface area contributed by atoms with Gasteiger partial charge < -0.3 is 10.3 Å². The molecule has 1 amide bonds. The van der Waals surface area contributed by atoms with Crippen LogP contribution in [0.1, 0.15) is 16.4 Å². The summed E-state index contributed by atoms with van der Waals surface area (Å²) in [4.78, 5) is 23.2. The second-order valence-corrected chi connectivity index (χ2v) is 4.64. The lowest BCUT2D eigenvalue weighted by molar-refractivity contribution is 0.0995. The highest BCUT2D eigenvalue weighted by Gasteiger charge is 2.09. The van der Waals surface area contributed by atoms with Gasteiger partial charge in [0.1, 0.15) is 17.9 Å². The van der Waals surface area contributed by atoms with Crippen molar-refractivity contribution < 1.29 is 9.32 Å². The Labute approximate surface area is 130 Å². The Bertz CT molecular complexity index is 816. The minimum Gasteiger partial charge on any atom is -0.364 e. The fraction of sp³-hybridized carbons (Fsp3) is 0.0714. The van der Waals surface area contributed by atoms with Crippen molar-refractivity contribution in [1.29, 1.82) is 0 Å². The highest BCUT2D eigenvalue weighted by atomic mass is 35.5. The number of nitrogens with two attached hydrogens (primary N) is 1. The van der Waals surface area contributed by atoms with Gasteiger partial charge in [-0.15, -0.1) is 11.6 Å². The number of benzene rings is 1. The molecule has 1 aromatic carbocycles. The van der Waals surface area contributed by atoms with Crippen molar-refractivity contribution in [2.24, 2.45) is 5.73 Å². The molecule has 0 saturated carbocycles. The summed E-state index contributed by atoms with van der Waals surface area (Å²) in [6.07, 6.45) is 1.30. The zero-order valence-corrected chi connectivity index (χ0v) is 12.0. The topological polar surface area (TPSA) is 108 Å². The fourth-order valence-corrected chi connectivity index (χ4v) is 1.97. The molecule has 0 radical (unpaired) electrons. The molecule has 0 fully saturated rings. The van der Waals surface area contributed by atoms with Gasteiger partial charge in [-0.25, -0.2) is 9.97 Å². The number of hydrogen-bond donors (Lipinski definition) is 1. The van der Waals surface area contributed by atoms with Crippen LogP contribution in [0.2, 0.25) is 0 Å². The van der Waals surface area contributed by atoms with E-state index in [1.165, 1.54) is 12.4 Å². The predicted molar refractivity (Wildman–Crippen MR) is 78.8 cm³/mol. The number of aromatic nitrogens is 4. The van der Waals surface area contributed by atoms with Crippen LogP contribution in [-0.2, 0) is 5.88 Å². The molecule has 110 valence electrons. The van der Waals surface area contributed by atoms with Gasteiger partial charge in [0.15, 0.2) is 0 Å². The second kappa shape index (κ2) is 5.90. The van der Waals surface area contributed by atoms with Crippen LogP contribution in [0.15, 0.2) is 41.2 Å². The summed E-state index contributed by atoms with van der Waals surface area (Å²) in [6, 6.07) is 8.85. The average Bonchev–Trinajstić information content (AvgIpc) is 3.04. The van der Waals surface area contributed by atoms with Crippen molar-refractivity contribution >= 4 is 17.5 Å². The number of amides is 1. The van der Waals surface area contributed by atoms with E-state index in [-0.39, 0.29) is 11.6 Å². The molecule has 0 aliphatic carbocycles. The van der Waals surface area contributed by atoms with Crippen molar-refractivity contribution in [3.8, 4) is 22.6 Å². The summed E-state index contributed by atoms with van der Waals surface area (Å²) in [5.74, 6) is 0.396. The Morgan fingerprint density at radius 3 is 2.55 bits per heavy atom. The van der Waals surface area contributed by atoms with E-state index in [9.17, 15) is 4.79 Å². The molecule has 0 saturated heterocycles. The van der Waals surface area contributed by atoms with Gasteiger partial charge in [0, 0.05) is 11.1 Å². The Hall–Kier alpha value is -2.80. The van der Waals surface area contributed by atoms with Crippen molar-refractivity contribution in [3.05, 3.63) is 48.2 Å². The number of hydrogen-bond acceptors (Lipinski definition) is 6. The molecular weight excluding hydrogens is 306 g/mol. The van der Waals surface area contributed by atoms with Gasteiger partial charge in [-0.05, 0) is 6.07 Å². The van der Waals surface area contributed by atoms with Crippen molar-refractivity contribution in [2.45, 2.75) is 5.88 Å². The van der Waals surface area contributed by atoms with Gasteiger partial charge in [0.25, 0.3) is 5.91 Å². The lowest BCUT2D eigenvalue weighted by Gasteiger charge is -2.02. The molecule has 0 aliphatic rings. The normalized spacial score (nSPS) is 10.6. The molecule has 0 unspecified atom stereocenters. The third kappa shape index (κ3) is 2.79. The van der Waals surface area contributed by atoms with Crippen molar-refractivity contribution in [3.63, 3.8) is 0 Å². The van der Waals surface area contributed by atoms with Gasteiger partial charge in [-0.2, -0.15) is 4.98 Å². The van der Waals surface area contributed by atoms with Gasteiger partial charge in [0.05, 0.1) is 5.69 Å². The predicted octanol–water partition coefficient (Wildman–Crippen LogP) is 2.03. The molecule has 2 N–H and O–H groups in total. The minimum absolute atomic E-state index is 0.166. The van der Waals surface area contributed by atoms with Crippen LogP contribution in [0.25, 0.3) is 22.6 Å². The zero-order chi connectivity index (χ0) is 15.5. The van der Waals surface area contributed by atoms with E-state index >= 15 is 0 Å². The molecule has 0 atom stereocenters. The molecule has 0 bridgehead atoms. The van der Waals surface area contributed by atoms with Crippen LogP contribution in [0, 0.1) is 0 Å². The van der Waals surface area contributed by atoms with Crippen LogP contribution in [0.3, 0.4) is 0 Å². The first kappa shape index (κ1) is 14.2. The maximum Gasteiger partial charge on any atom is 0.267 e. The molecule has 2 aromatic heterocycles. The number of carbonyl (C=O) groups excluding carboxylic acids is 1. The number of alkyl halides is 1. The number of rotatable bonds is 4. The Balaban J connectivity index is 1.91. The summed E-state index contributed by atoms with van der Waals surface area (Å²) >= 11 is 5.63. The van der Waals surface area contributed by atoms with Crippen molar-refractivity contribution in [2.75, 3.05) is 0 Å². The monoisotopic (exact) mass is 315 g/mol. The first-order valence-electron chi connectivity index (χ1n) is 6.28. The van der Waals surface area contributed by atoms with E-state index in [0.717, 1.165) is 11.1 Å². The maximum absolute atomic E-state index is 11.1. The SMILES string of the molecule is NC(=O)c1cc(-c2ccc(-c3noc(CCl)n3)cc2)ncn1. The number of carbonyl (C=O) groups is 1.